The molecule has 0 amide bonds. The lowest BCUT2D eigenvalue weighted by molar-refractivity contribution is -0.597. The molecule has 0 N–H and O–H groups in total. The molecule has 0 aliphatic rings. The third-order valence-electron chi connectivity index (χ3n) is 10.9. The van der Waals surface area contributed by atoms with Crippen LogP contribution in [-0.2, 0) is 32.5 Å². The summed E-state index contributed by atoms with van der Waals surface area (Å²) in [6.07, 6.45) is 0. The van der Waals surface area contributed by atoms with Crippen molar-refractivity contribution in [3.63, 3.8) is 0 Å². The highest BCUT2D eigenvalue weighted by atomic mass is 127. The van der Waals surface area contributed by atoms with Gasteiger partial charge < -0.3 is 14.1 Å². The van der Waals surface area contributed by atoms with Crippen LogP contribution < -0.4 is 77.7 Å². The van der Waals surface area contributed by atoms with E-state index < -0.39 is 0 Å². The van der Waals surface area contributed by atoms with Crippen molar-refractivity contribution in [1.29, 1.82) is 0 Å². The van der Waals surface area contributed by atoms with Gasteiger partial charge in [-0.15, -0.1) is 0 Å². The Balaban J connectivity index is 0.000000484. The van der Waals surface area contributed by atoms with E-state index in [2.05, 4.69) is 270 Å². The largest absolute Gasteiger partial charge is 1.00 e. The van der Waals surface area contributed by atoms with Crippen LogP contribution in [0, 0.1) is 21.4 Å². The van der Waals surface area contributed by atoms with E-state index in [0.29, 0.717) is 0 Å². The number of rotatable bonds is 6. The summed E-state index contributed by atoms with van der Waals surface area (Å²) in [6, 6.07) is 55.2. The molecule has 0 heterocycles. The molecular formula is C60H78F3I3. The van der Waals surface area contributed by atoms with Crippen molar-refractivity contribution in [3.05, 3.63) is 200 Å². The van der Waals surface area contributed by atoms with Gasteiger partial charge in [0.15, 0.2) is 21.4 Å². The minimum absolute atomic E-state index is 0. The molecule has 6 aromatic rings. The van der Waals surface area contributed by atoms with Crippen molar-refractivity contribution in [1.82, 2.24) is 0 Å². The topological polar surface area (TPSA) is 0 Å². The Hall–Kier alpha value is -2.70. The van der Waals surface area contributed by atoms with Gasteiger partial charge in [-0.3, -0.25) is 0 Å². The van der Waals surface area contributed by atoms with Crippen LogP contribution in [0.15, 0.2) is 146 Å². The smallest absolute Gasteiger partial charge is 0.357 e. The standard InChI is InChI=1S/3C20H26I.3FH/c3*1-19(2,3)15-7-11-17(12-8-15)21-18-13-9-16(10-14-18)20(4,5)6;;;/h3*7-14H,1-6H3;3*1H/q3*+1;;;/p-3. The van der Waals surface area contributed by atoms with E-state index >= 15 is 0 Å². The summed E-state index contributed by atoms with van der Waals surface area (Å²) in [6.45, 7) is 40.8. The Labute approximate surface area is 431 Å². The highest BCUT2D eigenvalue weighted by Gasteiger charge is 2.23. The molecule has 0 aliphatic carbocycles. The maximum Gasteiger partial charge on any atom is 0.357 e. The molecule has 0 nitrogen and oxygen atoms in total. The van der Waals surface area contributed by atoms with Crippen LogP contribution in [0.3, 0.4) is 0 Å². The van der Waals surface area contributed by atoms with Crippen molar-refractivity contribution >= 4 is 0 Å². The summed E-state index contributed by atoms with van der Waals surface area (Å²) in [5.41, 5.74) is 9.94. The Morgan fingerprint density at radius 2 is 0.273 bits per heavy atom. The molecule has 6 rings (SSSR count). The van der Waals surface area contributed by atoms with Gasteiger partial charge in [-0.25, -0.2) is 0 Å². The second-order valence-corrected chi connectivity index (χ2v) is 31.9. The average molecular weight is 1240 g/mol. The molecule has 0 spiro atoms. The summed E-state index contributed by atoms with van der Waals surface area (Å²) < 4.78 is 8.95. The maximum atomic E-state index is 2.31. The quantitative estimate of drug-likeness (QED) is 0.174. The fourth-order valence-corrected chi connectivity index (χ4v) is 12.9. The molecule has 6 aromatic carbocycles. The average Bonchev–Trinajstić information content (AvgIpc) is 3.18. The van der Waals surface area contributed by atoms with E-state index in [0.717, 1.165) is 0 Å². The molecule has 0 atom stereocenters. The van der Waals surface area contributed by atoms with E-state index in [-0.39, 0.29) is 110 Å². The minimum Gasteiger partial charge on any atom is -1.00 e. The maximum absolute atomic E-state index is 2.31. The summed E-state index contributed by atoms with van der Waals surface area (Å²) in [5, 5.41) is 0. The molecule has 0 aliphatic heterocycles. The van der Waals surface area contributed by atoms with Gasteiger partial charge in [0.25, 0.3) is 0 Å². The Morgan fingerprint density at radius 1 is 0.182 bits per heavy atom. The first-order valence-corrected chi connectivity index (χ1v) is 29.0. The lowest BCUT2D eigenvalue weighted by Gasteiger charge is -2.18. The Bertz CT molecular complexity index is 1850. The zero-order valence-corrected chi connectivity index (χ0v) is 49.6. The van der Waals surface area contributed by atoms with Crippen LogP contribution >= 0.6 is 0 Å². The molecule has 66 heavy (non-hydrogen) atoms. The molecule has 0 saturated carbocycles. The number of hydrogen-bond acceptors (Lipinski definition) is 0. The van der Waals surface area contributed by atoms with E-state index in [1.807, 2.05) is 0 Å². The van der Waals surface area contributed by atoms with E-state index in [1.165, 1.54) is 54.8 Å². The lowest BCUT2D eigenvalue weighted by atomic mass is 9.87. The second-order valence-electron chi connectivity index (χ2n) is 22.8. The van der Waals surface area contributed by atoms with Gasteiger partial charge in [-0.2, -0.15) is 0 Å². The Kier molecular flexibility index (Phi) is 23.5. The summed E-state index contributed by atoms with van der Waals surface area (Å²) in [7, 11) is 0. The zero-order valence-electron chi connectivity index (χ0n) is 43.1. The third-order valence-corrected chi connectivity index (χ3v) is 19.0. The molecule has 0 saturated heterocycles. The van der Waals surface area contributed by atoms with Gasteiger partial charge in [-0.1, -0.05) is 197 Å². The van der Waals surface area contributed by atoms with Gasteiger partial charge in [0.1, 0.15) is 0 Å². The third kappa shape index (κ3) is 20.1. The van der Waals surface area contributed by atoms with E-state index in [9.17, 15) is 0 Å². The first kappa shape index (κ1) is 61.3. The van der Waals surface area contributed by atoms with Crippen molar-refractivity contribution in [2.24, 2.45) is 0 Å². The molecule has 0 fully saturated rings. The zero-order chi connectivity index (χ0) is 47.0. The van der Waals surface area contributed by atoms with Crippen molar-refractivity contribution in [2.45, 2.75) is 157 Å². The van der Waals surface area contributed by atoms with E-state index in [4.69, 9.17) is 0 Å². The van der Waals surface area contributed by atoms with Gasteiger partial charge >= 0.3 is 63.6 Å². The van der Waals surface area contributed by atoms with Crippen molar-refractivity contribution in [3.8, 4) is 0 Å². The fourth-order valence-electron chi connectivity index (χ4n) is 6.46. The normalized spacial score (nSPS) is 11.9. The fraction of sp³-hybridized carbons (Fsp3) is 0.400. The Morgan fingerprint density at radius 3 is 0.348 bits per heavy atom. The first-order chi connectivity index (χ1) is 29.0. The lowest BCUT2D eigenvalue weighted by Crippen LogP contribution is -3.61. The van der Waals surface area contributed by atoms with Crippen molar-refractivity contribution in [2.75, 3.05) is 0 Å². The van der Waals surface area contributed by atoms with Crippen LogP contribution in [0.5, 0.6) is 0 Å². The monoisotopic (exact) mass is 1240 g/mol. The van der Waals surface area contributed by atoms with Gasteiger partial charge in [-0.05, 0) is 139 Å². The molecule has 0 unspecified atom stereocenters. The molecule has 0 bridgehead atoms. The van der Waals surface area contributed by atoms with Gasteiger partial charge in [0.05, 0.1) is 0 Å². The predicted molar refractivity (Wildman–Crippen MR) is 263 cm³/mol. The molecule has 360 valence electrons. The van der Waals surface area contributed by atoms with Gasteiger partial charge in [0, 0.05) is 0 Å². The first-order valence-electron chi connectivity index (χ1n) is 22.6. The minimum atomic E-state index is -0.0703. The van der Waals surface area contributed by atoms with E-state index in [1.54, 1.807) is 0 Å². The van der Waals surface area contributed by atoms with Crippen LogP contribution in [0.25, 0.3) is 0 Å². The highest BCUT2D eigenvalue weighted by Crippen LogP contribution is 2.25. The SMILES string of the molecule is CC(C)(C)c1ccc([I+]c2ccc(C(C)(C)C)cc2)cc1.CC(C)(C)c1ccc([I+]c2ccc(C(C)(C)C)cc2)cc1.CC(C)(C)c1ccc([I+]c2ccc(C(C)(C)C)cc2)cc1.[F-].[F-].[F-]. The van der Waals surface area contributed by atoms with Crippen molar-refractivity contribution < 1.29 is 77.7 Å². The molecule has 0 aromatic heterocycles. The van der Waals surface area contributed by atoms with Crippen LogP contribution in [0.4, 0.5) is 0 Å². The van der Waals surface area contributed by atoms with Crippen LogP contribution in [-0.4, -0.2) is 0 Å². The highest BCUT2D eigenvalue weighted by molar-refractivity contribution is 5.27. The number of hydrogen-bond donors (Lipinski definition) is 0. The number of halogens is 6. The summed E-state index contributed by atoms with van der Waals surface area (Å²) >= 11 is -0.211. The summed E-state index contributed by atoms with van der Waals surface area (Å²) in [4.78, 5) is 0. The second kappa shape index (κ2) is 25.2. The molecular weight excluding hydrogens is 1160 g/mol. The number of benzene rings is 6. The van der Waals surface area contributed by atoms with Crippen LogP contribution in [0.2, 0.25) is 0 Å². The van der Waals surface area contributed by atoms with Crippen LogP contribution in [0.1, 0.15) is 158 Å². The summed E-state index contributed by atoms with van der Waals surface area (Å²) in [5.74, 6) is 0. The molecule has 6 heteroatoms. The predicted octanol–water partition coefficient (Wildman–Crippen LogP) is -1.76. The molecule has 0 radical (unpaired) electrons. The van der Waals surface area contributed by atoms with Gasteiger partial charge in [0.2, 0.25) is 0 Å².